The lowest BCUT2D eigenvalue weighted by Gasteiger charge is -2.22. The van der Waals surface area contributed by atoms with Gasteiger partial charge in [-0.05, 0) is 36.6 Å². The van der Waals surface area contributed by atoms with Crippen LogP contribution < -0.4 is 10.2 Å². The summed E-state index contributed by atoms with van der Waals surface area (Å²) in [4.78, 5) is 19.0. The van der Waals surface area contributed by atoms with Crippen LogP contribution in [0.25, 0.3) is 0 Å². The van der Waals surface area contributed by atoms with Gasteiger partial charge in [0.15, 0.2) is 0 Å². The molecule has 0 saturated heterocycles. The minimum Gasteiger partial charge on any atom is -0.357 e. The number of halogens is 1. The average Bonchev–Trinajstić information content (AvgIpc) is 2.57. The molecule has 0 aliphatic heterocycles. The highest BCUT2D eigenvalue weighted by Gasteiger charge is 2.09. The van der Waals surface area contributed by atoms with Gasteiger partial charge >= 0.3 is 0 Å². The van der Waals surface area contributed by atoms with Gasteiger partial charge in [0.25, 0.3) is 0 Å². The van der Waals surface area contributed by atoms with Crippen molar-refractivity contribution < 1.29 is 4.79 Å². The lowest BCUT2D eigenvalue weighted by atomic mass is 10.1. The van der Waals surface area contributed by atoms with Crippen LogP contribution >= 0.6 is 15.9 Å². The first-order valence-corrected chi connectivity index (χ1v) is 9.17. The molecule has 5 heteroatoms. The second-order valence-corrected chi connectivity index (χ2v) is 6.56. The minimum atomic E-state index is -0.0459. The van der Waals surface area contributed by atoms with E-state index in [2.05, 4.69) is 45.0 Å². The molecule has 0 saturated carbocycles. The van der Waals surface area contributed by atoms with Crippen LogP contribution in [0.5, 0.6) is 0 Å². The molecule has 128 valence electrons. The van der Waals surface area contributed by atoms with E-state index in [1.807, 2.05) is 36.4 Å². The van der Waals surface area contributed by atoms with Crippen molar-refractivity contribution in [3.63, 3.8) is 0 Å². The number of nitrogens with zero attached hydrogens (tertiary/aromatic N) is 2. The van der Waals surface area contributed by atoms with Gasteiger partial charge in [0.1, 0.15) is 5.82 Å². The highest BCUT2D eigenvalue weighted by atomic mass is 79.9. The summed E-state index contributed by atoms with van der Waals surface area (Å²) < 4.78 is 0.948. The summed E-state index contributed by atoms with van der Waals surface area (Å²) in [5, 5.41) is 2.91. The minimum absolute atomic E-state index is 0.0459. The van der Waals surface area contributed by atoms with E-state index < -0.39 is 0 Å². The van der Waals surface area contributed by atoms with Gasteiger partial charge < -0.3 is 10.2 Å². The second-order valence-electron chi connectivity index (χ2n) is 5.71. The quantitative estimate of drug-likeness (QED) is 0.714. The Balaban J connectivity index is 1.98. The standard InChI is InChI=1S/C19H24BrN3O/c1-3-11-23(12-4-2)18-10-9-16(14-21-18)22-19(24)13-15-7-5-6-8-17(15)20/h5-10,14H,3-4,11-13H2,1-2H3,(H,22,24). The Kier molecular flexibility index (Phi) is 7.25. The Morgan fingerprint density at radius 2 is 1.83 bits per heavy atom. The van der Waals surface area contributed by atoms with Crippen molar-refractivity contribution in [3.05, 3.63) is 52.6 Å². The summed E-state index contributed by atoms with van der Waals surface area (Å²) in [6.45, 7) is 6.32. The Morgan fingerprint density at radius 3 is 2.42 bits per heavy atom. The Labute approximate surface area is 152 Å². The molecule has 4 nitrogen and oxygen atoms in total. The summed E-state index contributed by atoms with van der Waals surface area (Å²) in [5.74, 6) is 0.915. The van der Waals surface area contributed by atoms with E-state index in [4.69, 9.17) is 0 Å². The molecule has 2 aromatic rings. The first kappa shape index (κ1) is 18.5. The average molecular weight is 390 g/mol. The normalized spacial score (nSPS) is 10.5. The van der Waals surface area contributed by atoms with Crippen molar-refractivity contribution in [1.29, 1.82) is 0 Å². The zero-order valence-electron chi connectivity index (χ0n) is 14.3. The number of anilines is 2. The predicted molar refractivity (Wildman–Crippen MR) is 104 cm³/mol. The maximum Gasteiger partial charge on any atom is 0.228 e. The highest BCUT2D eigenvalue weighted by Crippen LogP contribution is 2.18. The van der Waals surface area contributed by atoms with Gasteiger partial charge in [-0.2, -0.15) is 0 Å². The molecule has 1 amide bonds. The smallest absolute Gasteiger partial charge is 0.228 e. The SMILES string of the molecule is CCCN(CCC)c1ccc(NC(=O)Cc2ccccc2Br)cn1. The van der Waals surface area contributed by atoms with Crippen LogP contribution in [0.4, 0.5) is 11.5 Å². The third kappa shape index (κ3) is 5.34. The summed E-state index contributed by atoms with van der Waals surface area (Å²) in [6, 6.07) is 11.6. The van der Waals surface area contributed by atoms with Gasteiger partial charge in [-0.15, -0.1) is 0 Å². The number of hydrogen-bond acceptors (Lipinski definition) is 3. The number of aromatic nitrogens is 1. The van der Waals surface area contributed by atoms with Gasteiger partial charge in [0.2, 0.25) is 5.91 Å². The fraction of sp³-hybridized carbons (Fsp3) is 0.368. The third-order valence-corrected chi connectivity index (χ3v) is 4.43. The van der Waals surface area contributed by atoms with Crippen LogP contribution in [0.2, 0.25) is 0 Å². The second kappa shape index (κ2) is 9.42. The molecule has 1 heterocycles. The van der Waals surface area contributed by atoms with Crippen LogP contribution in [-0.2, 0) is 11.2 Å². The first-order chi connectivity index (χ1) is 11.6. The molecule has 0 bridgehead atoms. The molecular weight excluding hydrogens is 366 g/mol. The van der Waals surface area contributed by atoms with E-state index in [1.54, 1.807) is 6.20 Å². The van der Waals surface area contributed by atoms with E-state index in [9.17, 15) is 4.79 Å². The fourth-order valence-electron chi connectivity index (χ4n) is 2.55. The van der Waals surface area contributed by atoms with Crippen LogP contribution in [0, 0.1) is 0 Å². The number of carbonyl (C=O) groups excluding carboxylic acids is 1. The number of nitrogens with one attached hydrogen (secondary N) is 1. The predicted octanol–water partition coefficient (Wildman–Crippen LogP) is 4.65. The molecule has 0 radical (unpaired) electrons. The van der Waals surface area contributed by atoms with Crippen molar-refractivity contribution in [2.45, 2.75) is 33.1 Å². The molecule has 0 fully saturated rings. The number of hydrogen-bond donors (Lipinski definition) is 1. The topological polar surface area (TPSA) is 45.2 Å². The number of carbonyl (C=O) groups is 1. The number of amides is 1. The molecule has 0 aliphatic carbocycles. The van der Waals surface area contributed by atoms with E-state index in [1.165, 1.54) is 0 Å². The van der Waals surface area contributed by atoms with Crippen LogP contribution in [0.3, 0.4) is 0 Å². The van der Waals surface area contributed by atoms with Crippen molar-refractivity contribution in [2.75, 3.05) is 23.3 Å². The van der Waals surface area contributed by atoms with Crippen molar-refractivity contribution >= 4 is 33.3 Å². The molecular formula is C19H24BrN3O. The third-order valence-electron chi connectivity index (χ3n) is 3.65. The van der Waals surface area contributed by atoms with E-state index in [0.717, 1.165) is 47.5 Å². The van der Waals surface area contributed by atoms with Gasteiger partial charge in [0, 0.05) is 17.6 Å². The Bertz CT molecular complexity index is 652. The number of rotatable bonds is 8. The van der Waals surface area contributed by atoms with E-state index >= 15 is 0 Å². The summed E-state index contributed by atoms with van der Waals surface area (Å²) >= 11 is 3.47. The Hall–Kier alpha value is -1.88. The van der Waals surface area contributed by atoms with Crippen molar-refractivity contribution in [2.24, 2.45) is 0 Å². The summed E-state index contributed by atoms with van der Waals surface area (Å²) in [5.41, 5.74) is 1.69. The number of pyridine rings is 1. The number of benzene rings is 1. The molecule has 24 heavy (non-hydrogen) atoms. The maximum atomic E-state index is 12.2. The molecule has 0 unspecified atom stereocenters. The molecule has 1 N–H and O–H groups in total. The molecule has 0 aliphatic rings. The molecule has 0 spiro atoms. The molecule has 0 atom stereocenters. The van der Waals surface area contributed by atoms with Crippen LogP contribution in [0.15, 0.2) is 47.1 Å². The van der Waals surface area contributed by atoms with E-state index in [0.29, 0.717) is 6.42 Å². The molecule has 1 aromatic carbocycles. The van der Waals surface area contributed by atoms with E-state index in [-0.39, 0.29) is 5.91 Å². The summed E-state index contributed by atoms with van der Waals surface area (Å²) in [6.07, 6.45) is 4.24. The van der Waals surface area contributed by atoms with Gasteiger partial charge in [-0.25, -0.2) is 4.98 Å². The highest BCUT2D eigenvalue weighted by molar-refractivity contribution is 9.10. The van der Waals surface area contributed by atoms with Crippen LogP contribution in [0.1, 0.15) is 32.3 Å². The zero-order chi connectivity index (χ0) is 17.4. The van der Waals surface area contributed by atoms with Gasteiger partial charge in [0.05, 0.1) is 18.3 Å². The molecule has 1 aromatic heterocycles. The molecule has 2 rings (SSSR count). The fourth-order valence-corrected chi connectivity index (χ4v) is 2.97. The lowest BCUT2D eigenvalue weighted by molar-refractivity contribution is -0.115. The maximum absolute atomic E-state index is 12.2. The monoisotopic (exact) mass is 389 g/mol. The largest absolute Gasteiger partial charge is 0.357 e. The lowest BCUT2D eigenvalue weighted by Crippen LogP contribution is -2.25. The zero-order valence-corrected chi connectivity index (χ0v) is 15.8. The summed E-state index contributed by atoms with van der Waals surface area (Å²) in [7, 11) is 0. The van der Waals surface area contributed by atoms with Crippen molar-refractivity contribution in [3.8, 4) is 0 Å². The van der Waals surface area contributed by atoms with Gasteiger partial charge in [-0.1, -0.05) is 48.0 Å². The van der Waals surface area contributed by atoms with Crippen LogP contribution in [-0.4, -0.2) is 24.0 Å². The van der Waals surface area contributed by atoms with Gasteiger partial charge in [-0.3, -0.25) is 4.79 Å². The Morgan fingerprint density at radius 1 is 1.12 bits per heavy atom. The first-order valence-electron chi connectivity index (χ1n) is 8.38. The van der Waals surface area contributed by atoms with Crippen molar-refractivity contribution in [1.82, 2.24) is 4.98 Å².